The van der Waals surface area contributed by atoms with E-state index in [0.29, 0.717) is 11.4 Å². The molecule has 2 rings (SSSR count). The summed E-state index contributed by atoms with van der Waals surface area (Å²) in [4.78, 5) is 18.9. The van der Waals surface area contributed by atoms with E-state index >= 15 is 0 Å². The second-order valence-corrected chi connectivity index (χ2v) is 6.75. The molecular formula is C14H24N4O2S. The number of nitrogens with two attached hydrogens (primary N) is 1. The zero-order valence-electron chi connectivity index (χ0n) is 12.7. The Kier molecular flexibility index (Phi) is 5.05. The lowest BCUT2D eigenvalue weighted by atomic mass is 9.87. The number of carbonyl (C=O) groups is 1. The summed E-state index contributed by atoms with van der Waals surface area (Å²) in [5.41, 5.74) is 5.69. The largest absolute Gasteiger partial charge is 0.396 e. The smallest absolute Gasteiger partial charge is 0.265 e. The van der Waals surface area contributed by atoms with E-state index in [-0.39, 0.29) is 23.7 Å². The van der Waals surface area contributed by atoms with Crippen molar-refractivity contribution in [3.05, 3.63) is 4.88 Å². The summed E-state index contributed by atoms with van der Waals surface area (Å²) in [6.07, 6.45) is 4.16. The van der Waals surface area contributed by atoms with Crippen LogP contribution >= 0.6 is 11.3 Å². The molecule has 21 heavy (non-hydrogen) atoms. The van der Waals surface area contributed by atoms with Gasteiger partial charge in [0.15, 0.2) is 5.13 Å². The molecule has 0 spiro atoms. The summed E-state index contributed by atoms with van der Waals surface area (Å²) in [7, 11) is 1.92. The van der Waals surface area contributed by atoms with Gasteiger partial charge in [0.05, 0.1) is 6.61 Å². The van der Waals surface area contributed by atoms with Crippen LogP contribution in [-0.2, 0) is 0 Å². The highest BCUT2D eigenvalue weighted by atomic mass is 32.1. The number of amides is 1. The Balaban J connectivity index is 2.02. The Morgan fingerprint density at radius 3 is 2.76 bits per heavy atom. The average molecular weight is 312 g/mol. The number of nitrogen functional groups attached to an aromatic ring is 1. The fourth-order valence-electron chi connectivity index (χ4n) is 2.65. The van der Waals surface area contributed by atoms with Gasteiger partial charge >= 0.3 is 0 Å². The van der Waals surface area contributed by atoms with E-state index < -0.39 is 0 Å². The molecule has 0 radical (unpaired) electrons. The second kappa shape index (κ2) is 6.62. The maximum atomic E-state index is 12.3. The highest BCUT2D eigenvalue weighted by molar-refractivity contribution is 7.18. The van der Waals surface area contributed by atoms with Crippen molar-refractivity contribution in [2.24, 2.45) is 5.41 Å². The van der Waals surface area contributed by atoms with Crippen LogP contribution in [0.2, 0.25) is 0 Å². The van der Waals surface area contributed by atoms with E-state index in [1.807, 2.05) is 18.9 Å². The molecule has 0 aromatic carbocycles. The number of nitrogens with zero attached hydrogens (tertiary/aromatic N) is 2. The highest BCUT2D eigenvalue weighted by Gasteiger charge is 2.33. The van der Waals surface area contributed by atoms with Crippen LogP contribution in [0.1, 0.15) is 42.3 Å². The third-order valence-corrected chi connectivity index (χ3v) is 5.46. The van der Waals surface area contributed by atoms with Gasteiger partial charge < -0.3 is 21.1 Å². The molecule has 1 aliphatic rings. The van der Waals surface area contributed by atoms with E-state index in [1.54, 1.807) is 0 Å². The van der Waals surface area contributed by atoms with Gasteiger partial charge in [0.25, 0.3) is 5.91 Å². The lowest BCUT2D eigenvalue weighted by Crippen LogP contribution is -2.38. The van der Waals surface area contributed by atoms with Crippen molar-refractivity contribution in [2.45, 2.75) is 32.6 Å². The molecule has 0 saturated heterocycles. The molecule has 1 fully saturated rings. The molecule has 0 unspecified atom stereocenters. The number of aliphatic hydroxyl groups is 1. The maximum absolute atomic E-state index is 12.3. The van der Waals surface area contributed by atoms with Crippen LogP contribution in [0.25, 0.3) is 0 Å². The first-order valence-electron chi connectivity index (χ1n) is 7.38. The van der Waals surface area contributed by atoms with Crippen molar-refractivity contribution >= 4 is 28.2 Å². The number of carbonyl (C=O) groups excluding carboxylic acids is 1. The number of aliphatic hydroxyl groups excluding tert-OH is 1. The fraction of sp³-hybridized carbons (Fsp3) is 0.714. The Morgan fingerprint density at radius 2 is 2.19 bits per heavy atom. The minimum absolute atomic E-state index is 0.120. The van der Waals surface area contributed by atoms with Crippen LogP contribution in [0.5, 0.6) is 0 Å². The minimum Gasteiger partial charge on any atom is -0.396 e. The van der Waals surface area contributed by atoms with Crippen molar-refractivity contribution in [1.82, 2.24) is 10.3 Å². The van der Waals surface area contributed by atoms with Crippen LogP contribution in [0, 0.1) is 5.41 Å². The first-order valence-corrected chi connectivity index (χ1v) is 8.19. The number of thiazole rings is 1. The maximum Gasteiger partial charge on any atom is 0.265 e. The average Bonchev–Trinajstić information content (AvgIpc) is 3.11. The van der Waals surface area contributed by atoms with E-state index in [4.69, 9.17) is 5.73 Å². The topological polar surface area (TPSA) is 91.5 Å². The van der Waals surface area contributed by atoms with Crippen LogP contribution in [0.3, 0.4) is 0 Å². The second-order valence-electron chi connectivity index (χ2n) is 5.77. The molecule has 0 atom stereocenters. The van der Waals surface area contributed by atoms with Crippen molar-refractivity contribution < 1.29 is 9.90 Å². The Bertz CT molecular complexity index is 497. The number of anilines is 2. The van der Waals surface area contributed by atoms with Gasteiger partial charge in [0, 0.05) is 25.6 Å². The summed E-state index contributed by atoms with van der Waals surface area (Å²) in [5, 5.41) is 13.2. The molecule has 7 heteroatoms. The fourth-order valence-corrected chi connectivity index (χ4v) is 3.57. The van der Waals surface area contributed by atoms with Crippen LogP contribution in [-0.4, -0.2) is 42.7 Å². The molecular weight excluding hydrogens is 288 g/mol. The molecule has 4 N–H and O–H groups in total. The predicted octanol–water partition coefficient (Wildman–Crippen LogP) is 1.46. The molecule has 6 nitrogen and oxygen atoms in total. The molecule has 1 amide bonds. The van der Waals surface area contributed by atoms with Gasteiger partial charge in [-0.2, -0.15) is 0 Å². The Hall–Kier alpha value is -1.34. The van der Waals surface area contributed by atoms with E-state index in [1.165, 1.54) is 11.3 Å². The van der Waals surface area contributed by atoms with Crippen molar-refractivity contribution in [1.29, 1.82) is 0 Å². The van der Waals surface area contributed by atoms with Crippen LogP contribution in [0.15, 0.2) is 0 Å². The van der Waals surface area contributed by atoms with Gasteiger partial charge in [-0.25, -0.2) is 4.98 Å². The Morgan fingerprint density at radius 1 is 1.52 bits per heavy atom. The first kappa shape index (κ1) is 16.0. The van der Waals surface area contributed by atoms with Gasteiger partial charge in [-0.15, -0.1) is 0 Å². The van der Waals surface area contributed by atoms with Crippen LogP contribution in [0.4, 0.5) is 10.9 Å². The van der Waals surface area contributed by atoms with Crippen molar-refractivity contribution in [2.75, 3.05) is 37.4 Å². The van der Waals surface area contributed by atoms with Gasteiger partial charge in [0.1, 0.15) is 10.7 Å². The zero-order chi connectivity index (χ0) is 15.5. The zero-order valence-corrected chi connectivity index (χ0v) is 13.5. The summed E-state index contributed by atoms with van der Waals surface area (Å²) in [6.45, 7) is 3.44. The summed E-state index contributed by atoms with van der Waals surface area (Å²) >= 11 is 1.30. The molecule has 0 bridgehead atoms. The number of hydrogen-bond acceptors (Lipinski definition) is 6. The molecule has 1 aromatic heterocycles. The predicted molar refractivity (Wildman–Crippen MR) is 85.8 cm³/mol. The molecule has 1 aliphatic carbocycles. The minimum atomic E-state index is -0.194. The number of aromatic nitrogens is 1. The standard InChI is InChI=1S/C14H24N4O2S/c1-3-18(2)13-17-11(15)10(21-13)12(20)16-8-14(9-19)6-4-5-7-14/h19H,3-9,15H2,1-2H3,(H,16,20). The molecule has 1 saturated carbocycles. The third-order valence-electron chi connectivity index (χ3n) is 4.27. The quantitative estimate of drug-likeness (QED) is 0.740. The van der Waals surface area contributed by atoms with Gasteiger partial charge in [0.2, 0.25) is 0 Å². The van der Waals surface area contributed by atoms with Crippen molar-refractivity contribution in [3.63, 3.8) is 0 Å². The SMILES string of the molecule is CCN(C)c1nc(N)c(C(=O)NCC2(CO)CCCC2)s1. The third kappa shape index (κ3) is 3.47. The van der Waals surface area contributed by atoms with Crippen LogP contribution < -0.4 is 16.0 Å². The number of rotatable bonds is 6. The van der Waals surface area contributed by atoms with E-state index in [9.17, 15) is 9.90 Å². The normalized spacial score (nSPS) is 16.9. The monoisotopic (exact) mass is 312 g/mol. The number of hydrogen-bond donors (Lipinski definition) is 3. The van der Waals surface area contributed by atoms with Crippen molar-refractivity contribution in [3.8, 4) is 0 Å². The van der Waals surface area contributed by atoms with Gasteiger partial charge in [-0.1, -0.05) is 24.2 Å². The molecule has 118 valence electrons. The van der Waals surface area contributed by atoms with Gasteiger partial charge in [-0.05, 0) is 19.8 Å². The lowest BCUT2D eigenvalue weighted by molar-refractivity contribution is 0.0885. The molecule has 1 heterocycles. The molecule has 1 aromatic rings. The Labute approximate surface area is 129 Å². The van der Waals surface area contributed by atoms with E-state index in [0.717, 1.165) is 37.4 Å². The lowest BCUT2D eigenvalue weighted by Gasteiger charge is -2.26. The number of nitrogens with one attached hydrogen (secondary N) is 1. The molecule has 0 aliphatic heterocycles. The summed E-state index contributed by atoms with van der Waals surface area (Å²) < 4.78 is 0. The van der Waals surface area contributed by atoms with Gasteiger partial charge in [-0.3, -0.25) is 4.79 Å². The first-order chi connectivity index (χ1) is 10.0. The summed E-state index contributed by atoms with van der Waals surface area (Å²) in [6, 6.07) is 0. The summed E-state index contributed by atoms with van der Waals surface area (Å²) in [5.74, 6) is 0.0812. The highest BCUT2D eigenvalue weighted by Crippen LogP contribution is 2.37. The van der Waals surface area contributed by atoms with E-state index in [2.05, 4.69) is 10.3 Å².